The molecule has 1 unspecified atom stereocenters. The predicted octanol–water partition coefficient (Wildman–Crippen LogP) is 4.30. The highest BCUT2D eigenvalue weighted by atomic mass is 32.1. The number of aromatic nitrogens is 1. The lowest BCUT2D eigenvalue weighted by molar-refractivity contribution is -0.134. The van der Waals surface area contributed by atoms with E-state index in [0.717, 1.165) is 21.2 Å². The minimum atomic E-state index is -0.0812. The number of hydrogen-bond donors (Lipinski definition) is 0. The molecule has 0 aliphatic carbocycles. The highest BCUT2D eigenvalue weighted by Gasteiger charge is 2.34. The Kier molecular flexibility index (Phi) is 6.64. The summed E-state index contributed by atoms with van der Waals surface area (Å²) in [5, 5.41) is 19.4. The van der Waals surface area contributed by atoms with Gasteiger partial charge in [0.2, 0.25) is 0 Å². The summed E-state index contributed by atoms with van der Waals surface area (Å²) in [7, 11) is 0. The van der Waals surface area contributed by atoms with Crippen LogP contribution in [-0.4, -0.2) is 39.6 Å². The Balaban J connectivity index is 1.53. The zero-order valence-corrected chi connectivity index (χ0v) is 18.0. The average Bonchev–Trinajstić information content (AvgIpc) is 3.53. The number of hydrazone groups is 1. The number of carbonyl (C=O) groups excluding carboxylic acids is 1. The number of thiophene rings is 2. The minimum absolute atomic E-state index is 0.0613. The maximum atomic E-state index is 13.3. The molecule has 0 saturated heterocycles. The van der Waals surface area contributed by atoms with E-state index in [1.807, 2.05) is 52.1 Å². The SMILES string of the molecule is N#CCCN(CC(=O)N1N=C(c2cccs2)CC1c1cccs1)Cc1ccccn1. The van der Waals surface area contributed by atoms with Gasteiger partial charge in [-0.15, -0.1) is 22.7 Å². The van der Waals surface area contributed by atoms with Crippen molar-refractivity contribution in [2.75, 3.05) is 13.1 Å². The highest BCUT2D eigenvalue weighted by molar-refractivity contribution is 7.12. The molecule has 1 atom stereocenters. The quantitative estimate of drug-likeness (QED) is 0.529. The van der Waals surface area contributed by atoms with Crippen LogP contribution in [-0.2, 0) is 11.3 Å². The fraction of sp³-hybridized carbons (Fsp3) is 0.273. The Labute approximate surface area is 183 Å². The van der Waals surface area contributed by atoms with Gasteiger partial charge in [-0.05, 0) is 35.0 Å². The molecule has 0 saturated carbocycles. The van der Waals surface area contributed by atoms with E-state index in [1.54, 1.807) is 33.9 Å². The van der Waals surface area contributed by atoms with Crippen LogP contribution in [0.15, 0.2) is 64.5 Å². The molecule has 4 rings (SSSR count). The molecule has 3 aromatic heterocycles. The molecule has 8 heteroatoms. The van der Waals surface area contributed by atoms with Crippen molar-refractivity contribution in [3.05, 3.63) is 74.9 Å². The third-order valence-electron chi connectivity index (χ3n) is 4.85. The predicted molar refractivity (Wildman–Crippen MR) is 119 cm³/mol. The van der Waals surface area contributed by atoms with E-state index in [4.69, 9.17) is 10.4 Å². The Bertz CT molecular complexity index is 1030. The summed E-state index contributed by atoms with van der Waals surface area (Å²) < 4.78 is 0. The summed E-state index contributed by atoms with van der Waals surface area (Å²) in [5.41, 5.74) is 1.83. The van der Waals surface area contributed by atoms with Crippen molar-refractivity contribution in [2.45, 2.75) is 25.4 Å². The van der Waals surface area contributed by atoms with E-state index < -0.39 is 0 Å². The molecule has 1 aliphatic rings. The third-order valence-corrected chi connectivity index (χ3v) is 6.75. The van der Waals surface area contributed by atoms with Crippen molar-refractivity contribution in [3.63, 3.8) is 0 Å². The average molecular weight is 436 g/mol. The number of nitriles is 1. The lowest BCUT2D eigenvalue weighted by Gasteiger charge is -2.25. The number of hydrogen-bond acceptors (Lipinski definition) is 7. The summed E-state index contributed by atoms with van der Waals surface area (Å²) in [5.74, 6) is -0.0613. The van der Waals surface area contributed by atoms with Crippen LogP contribution in [0, 0.1) is 11.3 Å². The molecule has 4 heterocycles. The van der Waals surface area contributed by atoms with Crippen LogP contribution in [0.25, 0.3) is 0 Å². The van der Waals surface area contributed by atoms with Crippen LogP contribution < -0.4 is 0 Å². The molecular weight excluding hydrogens is 414 g/mol. The molecular formula is C22H21N5OS2. The molecule has 0 aromatic carbocycles. The van der Waals surface area contributed by atoms with Gasteiger partial charge in [-0.1, -0.05) is 18.2 Å². The van der Waals surface area contributed by atoms with Crippen LogP contribution in [0.4, 0.5) is 0 Å². The second-order valence-electron chi connectivity index (χ2n) is 6.94. The first-order chi connectivity index (χ1) is 14.7. The second kappa shape index (κ2) is 9.76. The number of nitrogens with zero attached hydrogens (tertiary/aromatic N) is 5. The van der Waals surface area contributed by atoms with Gasteiger partial charge in [0, 0.05) is 37.0 Å². The van der Waals surface area contributed by atoms with Crippen molar-refractivity contribution in [1.29, 1.82) is 5.26 Å². The largest absolute Gasteiger partial charge is 0.288 e. The van der Waals surface area contributed by atoms with Crippen LogP contribution in [0.5, 0.6) is 0 Å². The summed E-state index contributed by atoms with van der Waals surface area (Å²) >= 11 is 3.29. The summed E-state index contributed by atoms with van der Waals surface area (Å²) in [4.78, 5) is 21.9. The fourth-order valence-corrected chi connectivity index (χ4v) is 4.97. The number of amides is 1. The lowest BCUT2D eigenvalue weighted by Crippen LogP contribution is -2.38. The molecule has 0 spiro atoms. The van der Waals surface area contributed by atoms with Crippen molar-refractivity contribution in [3.8, 4) is 6.07 Å². The first kappa shape index (κ1) is 20.4. The molecule has 0 fully saturated rings. The van der Waals surface area contributed by atoms with Gasteiger partial charge in [-0.3, -0.25) is 14.7 Å². The maximum Gasteiger partial charge on any atom is 0.257 e. The lowest BCUT2D eigenvalue weighted by atomic mass is 10.1. The topological polar surface area (TPSA) is 72.6 Å². The van der Waals surface area contributed by atoms with Gasteiger partial charge in [-0.2, -0.15) is 10.4 Å². The van der Waals surface area contributed by atoms with Crippen molar-refractivity contribution in [1.82, 2.24) is 14.9 Å². The summed E-state index contributed by atoms with van der Waals surface area (Å²) in [6.07, 6.45) is 2.81. The summed E-state index contributed by atoms with van der Waals surface area (Å²) in [6.45, 7) is 1.23. The molecule has 1 aliphatic heterocycles. The Hall–Kier alpha value is -2.86. The van der Waals surface area contributed by atoms with E-state index in [0.29, 0.717) is 25.9 Å². The number of rotatable bonds is 8. The Morgan fingerprint density at radius 3 is 2.77 bits per heavy atom. The van der Waals surface area contributed by atoms with Gasteiger partial charge in [0.15, 0.2) is 0 Å². The molecule has 0 bridgehead atoms. The second-order valence-corrected chi connectivity index (χ2v) is 8.86. The first-order valence-corrected chi connectivity index (χ1v) is 11.5. The number of pyridine rings is 1. The van der Waals surface area contributed by atoms with E-state index in [9.17, 15) is 4.79 Å². The standard InChI is InChI=1S/C22H21N5OS2/c23-9-5-11-26(15-17-6-1-2-10-24-17)16-22(28)27-19(21-8-4-13-30-21)14-18(25-27)20-7-3-12-29-20/h1-4,6-8,10,12-13,19H,5,11,14-16H2. The molecule has 0 N–H and O–H groups in total. The van der Waals surface area contributed by atoms with Gasteiger partial charge >= 0.3 is 0 Å². The summed E-state index contributed by atoms with van der Waals surface area (Å²) in [6, 6.07) is 15.9. The Morgan fingerprint density at radius 2 is 2.07 bits per heavy atom. The normalized spacial score (nSPS) is 15.9. The van der Waals surface area contributed by atoms with Crippen LogP contribution >= 0.6 is 22.7 Å². The van der Waals surface area contributed by atoms with Gasteiger partial charge in [0.05, 0.1) is 34.9 Å². The zero-order valence-electron chi connectivity index (χ0n) is 16.3. The van der Waals surface area contributed by atoms with Gasteiger partial charge in [-0.25, -0.2) is 5.01 Å². The monoisotopic (exact) mass is 435 g/mol. The third kappa shape index (κ3) is 4.82. The van der Waals surface area contributed by atoms with E-state index >= 15 is 0 Å². The first-order valence-electron chi connectivity index (χ1n) is 9.70. The smallest absolute Gasteiger partial charge is 0.257 e. The zero-order chi connectivity index (χ0) is 20.8. The van der Waals surface area contributed by atoms with Crippen molar-refractivity contribution in [2.24, 2.45) is 5.10 Å². The van der Waals surface area contributed by atoms with Crippen molar-refractivity contribution < 1.29 is 4.79 Å². The van der Waals surface area contributed by atoms with Crippen LogP contribution in [0.1, 0.15) is 34.3 Å². The van der Waals surface area contributed by atoms with E-state index in [2.05, 4.69) is 17.1 Å². The molecule has 1 amide bonds. The molecule has 0 radical (unpaired) electrons. The fourth-order valence-electron chi connectivity index (χ4n) is 3.44. The van der Waals surface area contributed by atoms with E-state index in [-0.39, 0.29) is 18.5 Å². The molecule has 3 aromatic rings. The minimum Gasteiger partial charge on any atom is -0.288 e. The molecule has 152 valence electrons. The molecule has 30 heavy (non-hydrogen) atoms. The van der Waals surface area contributed by atoms with Crippen LogP contribution in [0.3, 0.4) is 0 Å². The number of carbonyl (C=O) groups is 1. The van der Waals surface area contributed by atoms with Gasteiger partial charge < -0.3 is 0 Å². The van der Waals surface area contributed by atoms with E-state index in [1.165, 1.54) is 0 Å². The van der Waals surface area contributed by atoms with Gasteiger partial charge in [0.25, 0.3) is 5.91 Å². The molecule has 6 nitrogen and oxygen atoms in total. The van der Waals surface area contributed by atoms with Crippen LogP contribution in [0.2, 0.25) is 0 Å². The Morgan fingerprint density at radius 1 is 1.20 bits per heavy atom. The van der Waals surface area contributed by atoms with Crippen molar-refractivity contribution >= 4 is 34.3 Å². The van der Waals surface area contributed by atoms with Gasteiger partial charge in [0.1, 0.15) is 0 Å². The highest BCUT2D eigenvalue weighted by Crippen LogP contribution is 2.36. The maximum absolute atomic E-state index is 13.3.